The molecule has 1 aromatic rings. The molecule has 2 rings (SSSR count). The number of nitrogens with one attached hydrogen (secondary N) is 1. The van der Waals surface area contributed by atoms with Crippen LogP contribution in [0.25, 0.3) is 0 Å². The molecule has 6 heteroatoms. The van der Waals surface area contributed by atoms with E-state index in [1.54, 1.807) is 24.3 Å². The highest BCUT2D eigenvalue weighted by atomic mass is 35.5. The van der Waals surface area contributed by atoms with Crippen LogP contribution in [0.5, 0.6) is 0 Å². The molecule has 1 saturated heterocycles. The molecule has 0 bridgehead atoms. The Morgan fingerprint density at radius 2 is 1.91 bits per heavy atom. The van der Waals surface area contributed by atoms with E-state index in [4.69, 9.17) is 16.3 Å². The van der Waals surface area contributed by atoms with Gasteiger partial charge in [-0.25, -0.2) is 4.79 Å². The van der Waals surface area contributed by atoms with Crippen LogP contribution in [0.4, 0.5) is 4.79 Å². The highest BCUT2D eigenvalue weighted by Crippen LogP contribution is 2.32. The number of hydrogen-bond acceptors (Lipinski definition) is 3. The predicted molar refractivity (Wildman–Crippen MR) is 84.8 cm³/mol. The van der Waals surface area contributed by atoms with Crippen molar-refractivity contribution >= 4 is 23.5 Å². The molecule has 0 aliphatic carbocycles. The van der Waals surface area contributed by atoms with Crippen LogP contribution in [0.2, 0.25) is 5.02 Å². The summed E-state index contributed by atoms with van der Waals surface area (Å²) in [6.45, 7) is 6.28. The summed E-state index contributed by atoms with van der Waals surface area (Å²) in [4.78, 5) is 26.2. The van der Waals surface area contributed by atoms with Crippen molar-refractivity contribution in [3.63, 3.8) is 0 Å². The predicted octanol–water partition coefficient (Wildman–Crippen LogP) is 2.92. The molecule has 1 aliphatic heterocycles. The molecule has 1 aromatic carbocycles. The molecule has 1 aliphatic rings. The van der Waals surface area contributed by atoms with Gasteiger partial charge in [-0.05, 0) is 38.0 Å². The van der Waals surface area contributed by atoms with Crippen LogP contribution in [0.1, 0.15) is 32.8 Å². The van der Waals surface area contributed by atoms with Gasteiger partial charge < -0.3 is 10.1 Å². The van der Waals surface area contributed by atoms with Gasteiger partial charge in [0.25, 0.3) is 5.91 Å². The van der Waals surface area contributed by atoms with Gasteiger partial charge in [0.15, 0.2) is 0 Å². The fourth-order valence-corrected chi connectivity index (χ4v) is 2.71. The topological polar surface area (TPSA) is 58.6 Å². The third-order valence-electron chi connectivity index (χ3n) is 3.81. The van der Waals surface area contributed by atoms with E-state index in [0.29, 0.717) is 18.1 Å². The van der Waals surface area contributed by atoms with E-state index < -0.39 is 5.54 Å². The van der Waals surface area contributed by atoms with Gasteiger partial charge >= 0.3 is 6.03 Å². The number of benzene rings is 1. The molecule has 0 aromatic heterocycles. The smallest absolute Gasteiger partial charge is 0.325 e. The molecule has 1 atom stereocenters. The zero-order valence-electron chi connectivity index (χ0n) is 13.1. The maximum Gasteiger partial charge on any atom is 0.325 e. The minimum atomic E-state index is -1.01. The van der Waals surface area contributed by atoms with E-state index >= 15 is 0 Å². The van der Waals surface area contributed by atoms with E-state index in [-0.39, 0.29) is 24.6 Å². The van der Waals surface area contributed by atoms with Gasteiger partial charge in [0.05, 0.1) is 19.3 Å². The maximum absolute atomic E-state index is 12.8. The van der Waals surface area contributed by atoms with Crippen molar-refractivity contribution in [1.29, 1.82) is 0 Å². The van der Waals surface area contributed by atoms with Crippen LogP contribution in [-0.2, 0) is 15.1 Å². The Morgan fingerprint density at radius 3 is 2.45 bits per heavy atom. The molecule has 3 amide bonds. The minimum Gasteiger partial charge on any atom is -0.377 e. The minimum absolute atomic E-state index is 0.0629. The molecule has 0 radical (unpaired) electrons. The lowest BCUT2D eigenvalue weighted by atomic mass is 9.87. The number of hydrogen-bond donors (Lipinski definition) is 1. The second kappa shape index (κ2) is 6.67. The highest BCUT2D eigenvalue weighted by Gasteiger charge is 2.50. The first-order chi connectivity index (χ1) is 10.4. The third kappa shape index (κ3) is 3.10. The first kappa shape index (κ1) is 16.8. The van der Waals surface area contributed by atoms with Gasteiger partial charge in [0.2, 0.25) is 0 Å². The summed E-state index contributed by atoms with van der Waals surface area (Å²) in [7, 11) is 0. The number of ether oxygens (including phenoxy) is 1. The van der Waals surface area contributed by atoms with Crippen LogP contribution >= 0.6 is 11.6 Å². The Bertz CT molecular complexity index is 559. The maximum atomic E-state index is 12.8. The van der Waals surface area contributed by atoms with E-state index in [9.17, 15) is 9.59 Å². The number of carbonyl (C=O) groups excluding carboxylic acids is 2. The largest absolute Gasteiger partial charge is 0.377 e. The number of carbonyl (C=O) groups is 2. The quantitative estimate of drug-likeness (QED) is 0.818. The molecule has 22 heavy (non-hydrogen) atoms. The highest BCUT2D eigenvalue weighted by molar-refractivity contribution is 6.30. The second-order valence-electron chi connectivity index (χ2n) is 5.57. The number of rotatable bonds is 6. The Labute approximate surface area is 135 Å². The molecule has 0 spiro atoms. The Morgan fingerprint density at radius 1 is 1.27 bits per heavy atom. The van der Waals surface area contributed by atoms with E-state index in [1.165, 1.54) is 4.90 Å². The number of nitrogens with zero attached hydrogens (tertiary/aromatic N) is 1. The Kier molecular flexibility index (Phi) is 5.08. The van der Waals surface area contributed by atoms with Gasteiger partial charge in [0.1, 0.15) is 5.54 Å². The summed E-state index contributed by atoms with van der Waals surface area (Å²) < 4.78 is 5.43. The molecule has 1 N–H and O–H groups in total. The van der Waals surface area contributed by atoms with Crippen LogP contribution in [-0.4, -0.2) is 36.1 Å². The summed E-state index contributed by atoms with van der Waals surface area (Å²) in [5.41, 5.74) is -0.274. The first-order valence-electron chi connectivity index (χ1n) is 7.42. The SMILES string of the molecule is CCC1(c2ccc(Cl)cc2)NC(=O)N(CCOC(C)C)C1=O. The summed E-state index contributed by atoms with van der Waals surface area (Å²) in [6.07, 6.45) is 0.536. The van der Waals surface area contributed by atoms with Crippen LogP contribution < -0.4 is 5.32 Å². The van der Waals surface area contributed by atoms with Crippen LogP contribution in [0.3, 0.4) is 0 Å². The Balaban J connectivity index is 2.21. The number of halogens is 1. The fourth-order valence-electron chi connectivity index (χ4n) is 2.58. The standard InChI is InChI=1S/C16H21ClN2O3/c1-4-16(12-5-7-13(17)8-6-12)14(20)19(15(21)18-16)9-10-22-11(2)3/h5-8,11H,4,9-10H2,1-3H3,(H,18,21). The van der Waals surface area contributed by atoms with Gasteiger partial charge in [-0.3, -0.25) is 9.69 Å². The van der Waals surface area contributed by atoms with Crippen molar-refractivity contribution in [1.82, 2.24) is 10.2 Å². The molecular formula is C16H21ClN2O3. The molecule has 0 saturated carbocycles. The van der Waals surface area contributed by atoms with Gasteiger partial charge in [-0.15, -0.1) is 0 Å². The molecule has 5 nitrogen and oxygen atoms in total. The molecule has 1 heterocycles. The fraction of sp³-hybridized carbons (Fsp3) is 0.500. The number of urea groups is 1. The lowest BCUT2D eigenvalue weighted by Crippen LogP contribution is -2.43. The van der Waals surface area contributed by atoms with Crippen LogP contribution in [0.15, 0.2) is 24.3 Å². The van der Waals surface area contributed by atoms with Gasteiger partial charge in [-0.2, -0.15) is 0 Å². The summed E-state index contributed by atoms with van der Waals surface area (Å²) in [6, 6.07) is 6.61. The summed E-state index contributed by atoms with van der Waals surface area (Å²) in [5, 5.41) is 3.42. The average Bonchev–Trinajstić information content (AvgIpc) is 2.72. The molecule has 120 valence electrons. The van der Waals surface area contributed by atoms with E-state index in [0.717, 1.165) is 5.56 Å². The van der Waals surface area contributed by atoms with E-state index in [2.05, 4.69) is 5.32 Å². The molecule has 1 fully saturated rings. The summed E-state index contributed by atoms with van der Waals surface area (Å²) >= 11 is 5.90. The summed E-state index contributed by atoms with van der Waals surface area (Å²) in [5.74, 6) is -0.241. The number of amides is 3. The monoisotopic (exact) mass is 324 g/mol. The van der Waals surface area contributed by atoms with Gasteiger partial charge in [-0.1, -0.05) is 30.7 Å². The zero-order chi connectivity index (χ0) is 16.3. The average molecular weight is 325 g/mol. The van der Waals surface area contributed by atoms with Crippen molar-refractivity contribution in [2.24, 2.45) is 0 Å². The first-order valence-corrected chi connectivity index (χ1v) is 7.80. The van der Waals surface area contributed by atoms with Crippen molar-refractivity contribution in [3.05, 3.63) is 34.9 Å². The van der Waals surface area contributed by atoms with Crippen molar-refractivity contribution in [3.8, 4) is 0 Å². The van der Waals surface area contributed by atoms with Gasteiger partial charge in [0, 0.05) is 5.02 Å². The van der Waals surface area contributed by atoms with Crippen LogP contribution in [0, 0.1) is 0 Å². The molecular weight excluding hydrogens is 304 g/mol. The lowest BCUT2D eigenvalue weighted by Gasteiger charge is -2.26. The van der Waals surface area contributed by atoms with Crippen molar-refractivity contribution < 1.29 is 14.3 Å². The zero-order valence-corrected chi connectivity index (χ0v) is 13.8. The normalized spacial score (nSPS) is 21.6. The lowest BCUT2D eigenvalue weighted by molar-refractivity contribution is -0.132. The van der Waals surface area contributed by atoms with Crippen molar-refractivity contribution in [2.45, 2.75) is 38.8 Å². The Hall–Kier alpha value is -1.59. The second-order valence-corrected chi connectivity index (χ2v) is 6.01. The number of imide groups is 1. The van der Waals surface area contributed by atoms with Crippen molar-refractivity contribution in [2.75, 3.05) is 13.2 Å². The third-order valence-corrected chi connectivity index (χ3v) is 4.06. The van der Waals surface area contributed by atoms with E-state index in [1.807, 2.05) is 20.8 Å². The molecule has 1 unspecified atom stereocenters.